The van der Waals surface area contributed by atoms with Crippen LogP contribution in [0.2, 0.25) is 0 Å². The molecule has 1 rings (SSSR count). The van der Waals surface area contributed by atoms with Crippen LogP contribution in [0, 0.1) is 0 Å². The highest BCUT2D eigenvalue weighted by Crippen LogP contribution is 2.05. The average Bonchev–Trinajstić information content (AvgIpc) is 2.23. The molecule has 0 bridgehead atoms. The summed E-state index contributed by atoms with van der Waals surface area (Å²) in [6.07, 6.45) is -0.374. The Morgan fingerprint density at radius 2 is 1.94 bits per heavy atom. The molecule has 100 valence electrons. The average molecular weight is 245 g/mol. The molecule has 0 aromatic carbocycles. The monoisotopic (exact) mass is 245 g/mol. The molecule has 2 N–H and O–H groups in total. The van der Waals surface area contributed by atoms with Crippen molar-refractivity contribution in [2.75, 3.05) is 39.4 Å². The lowest BCUT2D eigenvalue weighted by Crippen LogP contribution is -2.48. The van der Waals surface area contributed by atoms with Crippen LogP contribution >= 0.6 is 0 Å². The number of morpholine rings is 1. The van der Waals surface area contributed by atoms with Crippen LogP contribution in [0.5, 0.6) is 0 Å². The number of carbonyl (C=O) groups is 1. The molecule has 1 heterocycles. The first-order chi connectivity index (χ1) is 7.97. The molecule has 1 aliphatic heterocycles. The maximum Gasteiger partial charge on any atom is 0.407 e. The second-order valence-corrected chi connectivity index (χ2v) is 4.94. The van der Waals surface area contributed by atoms with Crippen molar-refractivity contribution in [1.29, 1.82) is 0 Å². The molecule has 1 aliphatic rings. The van der Waals surface area contributed by atoms with Gasteiger partial charge in [0.25, 0.3) is 0 Å². The third-order valence-corrected chi connectivity index (χ3v) is 2.14. The zero-order valence-electron chi connectivity index (χ0n) is 10.9. The van der Waals surface area contributed by atoms with Crippen LogP contribution in [-0.2, 0) is 9.47 Å². The molecule has 0 saturated carbocycles. The van der Waals surface area contributed by atoms with Crippen LogP contribution in [0.1, 0.15) is 20.8 Å². The van der Waals surface area contributed by atoms with Gasteiger partial charge in [-0.25, -0.2) is 9.80 Å². The van der Waals surface area contributed by atoms with Crippen LogP contribution in [0.15, 0.2) is 0 Å². The summed E-state index contributed by atoms with van der Waals surface area (Å²) >= 11 is 0. The maximum atomic E-state index is 11.3. The normalized spacial score (nSPS) is 17.8. The fourth-order valence-electron chi connectivity index (χ4n) is 1.41. The van der Waals surface area contributed by atoms with Gasteiger partial charge in [0, 0.05) is 26.2 Å². The number of nitrogens with one attached hydrogen (secondary N) is 2. The number of carbonyl (C=O) groups excluding carboxylic acids is 1. The van der Waals surface area contributed by atoms with Gasteiger partial charge in [-0.15, -0.1) is 0 Å². The second-order valence-electron chi connectivity index (χ2n) is 4.94. The Kier molecular flexibility index (Phi) is 5.67. The van der Waals surface area contributed by atoms with Crippen LogP contribution < -0.4 is 10.7 Å². The van der Waals surface area contributed by atoms with Gasteiger partial charge in [-0.05, 0) is 20.8 Å². The smallest absolute Gasteiger partial charge is 0.407 e. The maximum absolute atomic E-state index is 11.3. The lowest BCUT2D eigenvalue weighted by Gasteiger charge is -2.27. The Hall–Kier alpha value is -0.850. The molecule has 0 aromatic heterocycles. The summed E-state index contributed by atoms with van der Waals surface area (Å²) in [5.41, 5.74) is 2.78. The zero-order chi connectivity index (χ0) is 12.7. The van der Waals surface area contributed by atoms with E-state index >= 15 is 0 Å². The Balaban J connectivity index is 2.01. The SMILES string of the molecule is CC(C)(C)OC(=O)NCCNN1CCOCC1. The highest BCUT2D eigenvalue weighted by atomic mass is 16.6. The molecule has 0 aliphatic carbocycles. The van der Waals surface area contributed by atoms with E-state index in [2.05, 4.69) is 15.8 Å². The molecule has 1 fully saturated rings. The molecule has 0 aromatic rings. The molecule has 0 atom stereocenters. The van der Waals surface area contributed by atoms with E-state index in [0.717, 1.165) is 26.3 Å². The van der Waals surface area contributed by atoms with Crippen molar-refractivity contribution in [3.63, 3.8) is 0 Å². The topological polar surface area (TPSA) is 62.8 Å². The van der Waals surface area contributed by atoms with E-state index < -0.39 is 5.60 Å². The Morgan fingerprint density at radius 3 is 2.53 bits per heavy atom. The number of rotatable bonds is 4. The van der Waals surface area contributed by atoms with Crippen molar-refractivity contribution in [2.45, 2.75) is 26.4 Å². The minimum atomic E-state index is -0.443. The van der Waals surface area contributed by atoms with Gasteiger partial charge in [0.1, 0.15) is 5.60 Å². The van der Waals surface area contributed by atoms with Crippen LogP contribution in [0.3, 0.4) is 0 Å². The summed E-state index contributed by atoms with van der Waals surface area (Å²) in [6.45, 7) is 10.1. The van der Waals surface area contributed by atoms with Crippen molar-refractivity contribution in [3.05, 3.63) is 0 Å². The standard InChI is InChI=1S/C11H23N3O3/c1-11(2,3)17-10(15)12-4-5-13-14-6-8-16-9-7-14/h13H,4-9H2,1-3H3,(H,12,15). The van der Waals surface area contributed by atoms with Gasteiger partial charge in [-0.1, -0.05) is 0 Å². The third-order valence-electron chi connectivity index (χ3n) is 2.14. The summed E-state index contributed by atoms with van der Waals surface area (Å²) in [5.74, 6) is 0. The third kappa shape index (κ3) is 7.14. The minimum Gasteiger partial charge on any atom is -0.444 e. The molecule has 6 nitrogen and oxygen atoms in total. The fourth-order valence-corrected chi connectivity index (χ4v) is 1.41. The van der Waals surface area contributed by atoms with Crippen molar-refractivity contribution >= 4 is 6.09 Å². The van der Waals surface area contributed by atoms with Gasteiger partial charge >= 0.3 is 6.09 Å². The number of alkyl carbamates (subject to hydrolysis) is 1. The number of amides is 1. The summed E-state index contributed by atoms with van der Waals surface area (Å²) in [7, 11) is 0. The van der Waals surface area contributed by atoms with Gasteiger partial charge in [-0.2, -0.15) is 0 Å². The molecular weight excluding hydrogens is 222 g/mol. The summed E-state index contributed by atoms with van der Waals surface area (Å²) in [4.78, 5) is 11.3. The number of hydrogen-bond donors (Lipinski definition) is 2. The quantitative estimate of drug-likeness (QED) is 0.700. The largest absolute Gasteiger partial charge is 0.444 e. The van der Waals surface area contributed by atoms with Crippen LogP contribution in [-0.4, -0.2) is 56.1 Å². The van der Waals surface area contributed by atoms with Crippen molar-refractivity contribution in [1.82, 2.24) is 15.8 Å². The number of ether oxygens (including phenoxy) is 2. The minimum absolute atomic E-state index is 0.374. The van der Waals surface area contributed by atoms with Crippen LogP contribution in [0.25, 0.3) is 0 Å². The molecule has 1 amide bonds. The Bertz CT molecular complexity index is 235. The predicted molar refractivity (Wildman–Crippen MR) is 64.6 cm³/mol. The number of hydrazine groups is 1. The first kappa shape index (κ1) is 14.2. The van der Waals surface area contributed by atoms with E-state index in [1.54, 1.807) is 0 Å². The van der Waals surface area contributed by atoms with Crippen LogP contribution in [0.4, 0.5) is 4.79 Å². The van der Waals surface area contributed by atoms with E-state index in [1.165, 1.54) is 0 Å². The fraction of sp³-hybridized carbons (Fsp3) is 0.909. The van der Waals surface area contributed by atoms with Gasteiger partial charge < -0.3 is 14.8 Å². The van der Waals surface area contributed by atoms with Gasteiger partial charge in [0.15, 0.2) is 0 Å². The van der Waals surface area contributed by atoms with Crippen molar-refractivity contribution in [3.8, 4) is 0 Å². The Labute approximate surface area is 103 Å². The lowest BCUT2D eigenvalue weighted by atomic mass is 10.2. The van der Waals surface area contributed by atoms with E-state index in [9.17, 15) is 4.79 Å². The second kappa shape index (κ2) is 6.78. The summed E-state index contributed by atoms with van der Waals surface area (Å²) < 4.78 is 10.3. The predicted octanol–water partition coefficient (Wildman–Crippen LogP) is 0.348. The van der Waals surface area contributed by atoms with Gasteiger partial charge in [0.2, 0.25) is 0 Å². The van der Waals surface area contributed by atoms with E-state index in [4.69, 9.17) is 9.47 Å². The molecule has 0 radical (unpaired) electrons. The zero-order valence-corrected chi connectivity index (χ0v) is 10.9. The Morgan fingerprint density at radius 1 is 1.29 bits per heavy atom. The van der Waals surface area contributed by atoms with Crippen molar-refractivity contribution < 1.29 is 14.3 Å². The van der Waals surface area contributed by atoms with Gasteiger partial charge in [-0.3, -0.25) is 5.43 Å². The van der Waals surface area contributed by atoms with E-state index in [-0.39, 0.29) is 6.09 Å². The molecule has 17 heavy (non-hydrogen) atoms. The molecule has 6 heteroatoms. The number of nitrogens with zero attached hydrogens (tertiary/aromatic N) is 1. The van der Waals surface area contributed by atoms with E-state index in [0.29, 0.717) is 13.1 Å². The summed E-state index contributed by atoms with van der Waals surface area (Å²) in [6, 6.07) is 0. The lowest BCUT2D eigenvalue weighted by molar-refractivity contribution is 0.0119. The molecular formula is C11H23N3O3. The highest BCUT2D eigenvalue weighted by molar-refractivity contribution is 5.67. The first-order valence-electron chi connectivity index (χ1n) is 6.00. The number of hydrogen-bond acceptors (Lipinski definition) is 5. The van der Waals surface area contributed by atoms with E-state index in [1.807, 2.05) is 20.8 Å². The van der Waals surface area contributed by atoms with Crippen molar-refractivity contribution in [2.24, 2.45) is 0 Å². The summed E-state index contributed by atoms with van der Waals surface area (Å²) in [5, 5.41) is 4.79. The first-order valence-corrected chi connectivity index (χ1v) is 6.00. The van der Waals surface area contributed by atoms with Gasteiger partial charge in [0.05, 0.1) is 13.2 Å². The molecule has 1 saturated heterocycles. The highest BCUT2D eigenvalue weighted by Gasteiger charge is 2.15. The molecule has 0 spiro atoms. The molecule has 0 unspecified atom stereocenters.